The van der Waals surface area contributed by atoms with Crippen molar-refractivity contribution in [3.8, 4) is 0 Å². The number of nitrogens with zero attached hydrogens (tertiary/aromatic N) is 1. The Labute approximate surface area is 70.2 Å². The van der Waals surface area contributed by atoms with Gasteiger partial charge < -0.3 is 9.32 Å². The van der Waals surface area contributed by atoms with E-state index in [1.165, 1.54) is 12.5 Å². The number of hydrogen-bond donors (Lipinski definition) is 1. The zero-order valence-electron chi connectivity index (χ0n) is 6.62. The Morgan fingerprint density at radius 2 is 2.58 bits per heavy atom. The summed E-state index contributed by atoms with van der Waals surface area (Å²) in [5.41, 5.74) is 0.624. The number of nitrogens with one attached hydrogen (secondary N) is 1. The van der Waals surface area contributed by atoms with Crippen molar-refractivity contribution in [3.63, 3.8) is 0 Å². The number of carbonyl (C=O) groups is 1. The van der Waals surface area contributed by atoms with Crippen LogP contribution in [0.1, 0.15) is 10.4 Å². The molecule has 1 fully saturated rings. The number of rotatable bonds is 1. The van der Waals surface area contributed by atoms with Gasteiger partial charge >= 0.3 is 0 Å². The third kappa shape index (κ3) is 1.21. The summed E-state index contributed by atoms with van der Waals surface area (Å²) in [7, 11) is 0. The van der Waals surface area contributed by atoms with Crippen molar-refractivity contribution in [3.05, 3.63) is 24.2 Å². The van der Waals surface area contributed by atoms with Gasteiger partial charge in [-0.3, -0.25) is 10.1 Å². The fourth-order valence-corrected chi connectivity index (χ4v) is 1.25. The van der Waals surface area contributed by atoms with Crippen molar-refractivity contribution in [2.24, 2.45) is 0 Å². The van der Waals surface area contributed by atoms with Crippen LogP contribution in [0.2, 0.25) is 0 Å². The fourth-order valence-electron chi connectivity index (χ4n) is 1.25. The number of furan rings is 1. The molecule has 0 spiro atoms. The maximum Gasteiger partial charge on any atom is 0.258 e. The third-order valence-electron chi connectivity index (χ3n) is 1.92. The van der Waals surface area contributed by atoms with Gasteiger partial charge in [0.05, 0.1) is 18.5 Å². The van der Waals surface area contributed by atoms with Gasteiger partial charge in [0.2, 0.25) is 0 Å². The molecule has 2 heterocycles. The molecule has 2 rings (SSSR count). The highest BCUT2D eigenvalue weighted by atomic mass is 16.3. The van der Waals surface area contributed by atoms with Gasteiger partial charge in [0.15, 0.2) is 0 Å². The molecule has 1 saturated heterocycles. The molecule has 1 N–H and O–H groups in total. The van der Waals surface area contributed by atoms with Crippen molar-refractivity contribution in [2.75, 3.05) is 19.8 Å². The van der Waals surface area contributed by atoms with Crippen LogP contribution in [0.15, 0.2) is 23.0 Å². The monoisotopic (exact) mass is 166 g/mol. The van der Waals surface area contributed by atoms with Crippen LogP contribution in [-0.2, 0) is 0 Å². The van der Waals surface area contributed by atoms with Crippen LogP contribution in [0, 0.1) is 0 Å². The van der Waals surface area contributed by atoms with Crippen molar-refractivity contribution >= 4 is 5.91 Å². The van der Waals surface area contributed by atoms with Crippen molar-refractivity contribution in [1.29, 1.82) is 0 Å². The van der Waals surface area contributed by atoms with E-state index in [1.54, 1.807) is 11.0 Å². The highest BCUT2D eigenvalue weighted by Crippen LogP contribution is 2.06. The first-order chi connectivity index (χ1) is 5.88. The number of carbonyl (C=O) groups excluding carboxylic acids is 1. The maximum absolute atomic E-state index is 11.5. The normalized spacial score (nSPS) is 16.8. The Balaban J connectivity index is 2.09. The molecule has 1 aliphatic rings. The Hall–Kier alpha value is -1.29. The van der Waals surface area contributed by atoms with Crippen LogP contribution in [0.4, 0.5) is 0 Å². The second-order valence-corrected chi connectivity index (χ2v) is 2.74. The van der Waals surface area contributed by atoms with Gasteiger partial charge in [0.25, 0.3) is 5.91 Å². The molecule has 0 unspecified atom stereocenters. The molecular formula is C8H10N2O2. The zero-order chi connectivity index (χ0) is 8.39. The molecule has 12 heavy (non-hydrogen) atoms. The molecule has 0 atom stereocenters. The first-order valence-electron chi connectivity index (χ1n) is 3.90. The first kappa shape index (κ1) is 7.36. The van der Waals surface area contributed by atoms with Crippen molar-refractivity contribution in [2.45, 2.75) is 0 Å². The average Bonchev–Trinajstić information content (AvgIpc) is 2.77. The van der Waals surface area contributed by atoms with Gasteiger partial charge in [-0.05, 0) is 6.07 Å². The van der Waals surface area contributed by atoms with E-state index < -0.39 is 0 Å². The molecule has 1 amide bonds. The minimum absolute atomic E-state index is 0.0359. The lowest BCUT2D eigenvalue weighted by atomic mass is 10.3. The van der Waals surface area contributed by atoms with E-state index in [0.717, 1.165) is 13.1 Å². The van der Waals surface area contributed by atoms with Gasteiger partial charge in [0, 0.05) is 13.1 Å². The quantitative estimate of drug-likeness (QED) is 0.652. The van der Waals surface area contributed by atoms with Crippen LogP contribution in [0.3, 0.4) is 0 Å². The molecule has 0 radical (unpaired) electrons. The number of amides is 1. The summed E-state index contributed by atoms with van der Waals surface area (Å²) in [6.45, 7) is 2.30. The molecule has 4 heteroatoms. The van der Waals surface area contributed by atoms with E-state index in [-0.39, 0.29) is 5.91 Å². The molecule has 4 nitrogen and oxygen atoms in total. The van der Waals surface area contributed by atoms with E-state index in [1.807, 2.05) is 0 Å². The summed E-state index contributed by atoms with van der Waals surface area (Å²) in [4.78, 5) is 13.3. The lowest BCUT2D eigenvalue weighted by Crippen LogP contribution is -2.29. The van der Waals surface area contributed by atoms with E-state index in [2.05, 4.69) is 5.32 Å². The smallest absolute Gasteiger partial charge is 0.258 e. The maximum atomic E-state index is 11.5. The SMILES string of the molecule is O=C(c1ccoc1)N1CCNC1. The second kappa shape index (κ2) is 2.98. The average molecular weight is 166 g/mol. The Morgan fingerprint density at radius 3 is 3.17 bits per heavy atom. The summed E-state index contributed by atoms with van der Waals surface area (Å²) in [5.74, 6) is 0.0359. The van der Waals surface area contributed by atoms with Crippen LogP contribution in [-0.4, -0.2) is 30.6 Å². The molecule has 0 aliphatic carbocycles. The molecule has 0 aromatic carbocycles. The fraction of sp³-hybridized carbons (Fsp3) is 0.375. The lowest BCUT2D eigenvalue weighted by molar-refractivity contribution is 0.0790. The molecule has 0 saturated carbocycles. The minimum Gasteiger partial charge on any atom is -0.472 e. The minimum atomic E-state index is 0.0359. The van der Waals surface area contributed by atoms with Gasteiger partial charge in [-0.1, -0.05) is 0 Å². The van der Waals surface area contributed by atoms with Gasteiger partial charge in [0.1, 0.15) is 6.26 Å². The predicted octanol–water partition coefficient (Wildman–Crippen LogP) is 0.283. The second-order valence-electron chi connectivity index (χ2n) is 2.74. The largest absolute Gasteiger partial charge is 0.472 e. The van der Waals surface area contributed by atoms with Crippen molar-refractivity contribution < 1.29 is 9.21 Å². The highest BCUT2D eigenvalue weighted by molar-refractivity contribution is 5.93. The first-order valence-corrected chi connectivity index (χ1v) is 3.90. The zero-order valence-corrected chi connectivity index (χ0v) is 6.62. The third-order valence-corrected chi connectivity index (χ3v) is 1.92. The van der Waals surface area contributed by atoms with Gasteiger partial charge in [-0.15, -0.1) is 0 Å². The summed E-state index contributed by atoms with van der Waals surface area (Å²) in [6.07, 6.45) is 2.98. The summed E-state index contributed by atoms with van der Waals surface area (Å²) < 4.78 is 4.83. The topological polar surface area (TPSA) is 45.5 Å². The Bertz CT molecular complexity index is 263. The molecule has 1 aromatic heterocycles. The van der Waals surface area contributed by atoms with Crippen LogP contribution in [0.25, 0.3) is 0 Å². The van der Waals surface area contributed by atoms with E-state index in [9.17, 15) is 4.79 Å². The summed E-state index contributed by atoms with van der Waals surface area (Å²) >= 11 is 0. The molecule has 1 aliphatic heterocycles. The summed E-state index contributed by atoms with van der Waals surface area (Å²) in [5, 5.41) is 3.09. The number of hydrogen-bond acceptors (Lipinski definition) is 3. The Kier molecular flexibility index (Phi) is 1.83. The van der Waals surface area contributed by atoms with Gasteiger partial charge in [-0.2, -0.15) is 0 Å². The van der Waals surface area contributed by atoms with Crippen LogP contribution >= 0.6 is 0 Å². The van der Waals surface area contributed by atoms with E-state index in [4.69, 9.17) is 4.42 Å². The lowest BCUT2D eigenvalue weighted by Gasteiger charge is -2.11. The van der Waals surface area contributed by atoms with Crippen LogP contribution in [0.5, 0.6) is 0 Å². The van der Waals surface area contributed by atoms with Gasteiger partial charge in [-0.25, -0.2) is 0 Å². The highest BCUT2D eigenvalue weighted by Gasteiger charge is 2.19. The molecule has 1 aromatic rings. The van der Waals surface area contributed by atoms with E-state index >= 15 is 0 Å². The van der Waals surface area contributed by atoms with Crippen LogP contribution < -0.4 is 5.32 Å². The van der Waals surface area contributed by atoms with E-state index in [0.29, 0.717) is 12.2 Å². The molecular weight excluding hydrogens is 156 g/mol. The van der Waals surface area contributed by atoms with Crippen molar-refractivity contribution in [1.82, 2.24) is 10.2 Å². The Morgan fingerprint density at radius 1 is 1.67 bits per heavy atom. The molecule has 64 valence electrons. The molecule has 0 bridgehead atoms. The summed E-state index contributed by atoms with van der Waals surface area (Å²) in [6, 6.07) is 1.68. The predicted molar refractivity (Wildman–Crippen MR) is 42.6 cm³/mol. The standard InChI is InChI=1S/C8H10N2O2/c11-8(7-1-4-12-5-7)10-3-2-9-6-10/h1,4-5,9H,2-3,6H2.